The van der Waals surface area contributed by atoms with Gasteiger partial charge in [-0.25, -0.2) is 9.37 Å². The molecule has 88 valence electrons. The topological polar surface area (TPSA) is 38.1 Å². The second-order valence-corrected chi connectivity index (χ2v) is 4.43. The van der Waals surface area contributed by atoms with Crippen molar-refractivity contribution in [2.45, 2.75) is 13.5 Å². The molecule has 4 nitrogen and oxygen atoms in total. The second-order valence-electron chi connectivity index (χ2n) is 4.43. The molecule has 0 aliphatic carbocycles. The molecule has 1 aromatic carbocycles. The van der Waals surface area contributed by atoms with Gasteiger partial charge in [0, 0.05) is 20.1 Å². The largest absolute Gasteiger partial charge is 0.337 e. The summed E-state index contributed by atoms with van der Waals surface area (Å²) in [7, 11) is 1.73. The minimum atomic E-state index is -0.364. The monoisotopic (exact) mass is 233 g/mol. The number of carbonyl (C=O) groups is 1. The summed E-state index contributed by atoms with van der Waals surface area (Å²) in [5.74, 6) is -0.180. The lowest BCUT2D eigenvalue weighted by atomic mass is 10.2. The maximum Gasteiger partial charge on any atom is 0.289 e. The highest BCUT2D eigenvalue weighted by atomic mass is 19.1. The number of rotatable bonds is 0. The fourth-order valence-electron chi connectivity index (χ4n) is 2.22. The first-order valence-corrected chi connectivity index (χ1v) is 5.50. The Balaban J connectivity index is 2.35. The highest BCUT2D eigenvalue weighted by Gasteiger charge is 2.26. The Morgan fingerprint density at radius 1 is 1.35 bits per heavy atom. The molecule has 0 spiro atoms. The van der Waals surface area contributed by atoms with Crippen molar-refractivity contribution in [1.29, 1.82) is 0 Å². The van der Waals surface area contributed by atoms with Crippen LogP contribution >= 0.6 is 0 Å². The Kier molecular flexibility index (Phi) is 1.98. The van der Waals surface area contributed by atoms with Gasteiger partial charge in [-0.2, -0.15) is 0 Å². The van der Waals surface area contributed by atoms with Crippen molar-refractivity contribution in [3.63, 3.8) is 0 Å². The molecule has 1 aromatic heterocycles. The lowest BCUT2D eigenvalue weighted by Gasteiger charge is -2.23. The average molecular weight is 233 g/mol. The molecule has 0 atom stereocenters. The van der Waals surface area contributed by atoms with Gasteiger partial charge >= 0.3 is 0 Å². The maximum atomic E-state index is 13.8. The van der Waals surface area contributed by atoms with Crippen molar-refractivity contribution < 1.29 is 9.18 Å². The average Bonchev–Trinajstić information content (AvgIpc) is 2.63. The SMILES string of the molecule is Cc1cc(F)c2nc3n(c2c1)CCN(C)C3=O. The molecule has 0 unspecified atom stereocenters. The summed E-state index contributed by atoms with van der Waals surface area (Å²) in [5, 5.41) is 0. The van der Waals surface area contributed by atoms with E-state index in [2.05, 4.69) is 4.98 Å². The molecular formula is C12H12FN3O. The zero-order valence-electron chi connectivity index (χ0n) is 9.70. The van der Waals surface area contributed by atoms with Gasteiger partial charge in [0.1, 0.15) is 5.52 Å². The zero-order valence-corrected chi connectivity index (χ0v) is 9.70. The summed E-state index contributed by atoms with van der Waals surface area (Å²) in [6.07, 6.45) is 0. The molecule has 0 saturated heterocycles. The molecule has 5 heteroatoms. The van der Waals surface area contributed by atoms with Crippen molar-refractivity contribution >= 4 is 16.9 Å². The van der Waals surface area contributed by atoms with E-state index in [9.17, 15) is 9.18 Å². The van der Waals surface area contributed by atoms with Crippen LogP contribution in [0.3, 0.4) is 0 Å². The number of nitrogens with zero attached hydrogens (tertiary/aromatic N) is 3. The number of amides is 1. The molecule has 17 heavy (non-hydrogen) atoms. The summed E-state index contributed by atoms with van der Waals surface area (Å²) in [6, 6.07) is 3.31. The van der Waals surface area contributed by atoms with Gasteiger partial charge in [-0.15, -0.1) is 0 Å². The van der Waals surface area contributed by atoms with E-state index < -0.39 is 0 Å². The molecule has 1 aliphatic rings. The number of aromatic nitrogens is 2. The summed E-state index contributed by atoms with van der Waals surface area (Å²) >= 11 is 0. The summed E-state index contributed by atoms with van der Waals surface area (Å²) in [5.41, 5.74) is 1.83. The number of imidazole rings is 1. The normalized spacial score (nSPS) is 15.5. The van der Waals surface area contributed by atoms with Crippen LogP contribution in [0.1, 0.15) is 16.2 Å². The number of carbonyl (C=O) groups excluding carboxylic acids is 1. The van der Waals surface area contributed by atoms with Crippen LogP contribution in [0, 0.1) is 12.7 Å². The van der Waals surface area contributed by atoms with Gasteiger partial charge in [0.15, 0.2) is 11.6 Å². The quantitative estimate of drug-likeness (QED) is 0.692. The Bertz CT molecular complexity index is 632. The first kappa shape index (κ1) is 10.3. The van der Waals surface area contributed by atoms with Crippen LogP contribution in [0.4, 0.5) is 4.39 Å². The van der Waals surface area contributed by atoms with Gasteiger partial charge in [-0.05, 0) is 24.6 Å². The second kappa shape index (κ2) is 3.29. The highest BCUT2D eigenvalue weighted by molar-refractivity contribution is 5.95. The minimum Gasteiger partial charge on any atom is -0.337 e. The van der Waals surface area contributed by atoms with E-state index >= 15 is 0 Å². The number of halogens is 1. The Morgan fingerprint density at radius 2 is 2.12 bits per heavy atom. The summed E-state index contributed by atoms with van der Waals surface area (Å²) < 4.78 is 15.6. The van der Waals surface area contributed by atoms with Gasteiger partial charge in [0.2, 0.25) is 0 Å². The molecule has 1 aliphatic heterocycles. The minimum absolute atomic E-state index is 0.149. The van der Waals surface area contributed by atoms with Crippen molar-refractivity contribution in [1.82, 2.24) is 14.5 Å². The molecule has 0 radical (unpaired) electrons. The van der Waals surface area contributed by atoms with Crippen LogP contribution in [0.5, 0.6) is 0 Å². The third kappa shape index (κ3) is 1.35. The Labute approximate surface area is 97.7 Å². The fourth-order valence-corrected chi connectivity index (χ4v) is 2.22. The van der Waals surface area contributed by atoms with Crippen LogP contribution < -0.4 is 0 Å². The number of hydrogen-bond donors (Lipinski definition) is 0. The number of hydrogen-bond acceptors (Lipinski definition) is 2. The van der Waals surface area contributed by atoms with E-state index in [0.717, 1.165) is 5.56 Å². The maximum absolute atomic E-state index is 13.8. The third-order valence-corrected chi connectivity index (χ3v) is 3.15. The Hall–Kier alpha value is -1.91. The molecule has 1 amide bonds. The van der Waals surface area contributed by atoms with E-state index in [4.69, 9.17) is 0 Å². The smallest absolute Gasteiger partial charge is 0.289 e. The van der Waals surface area contributed by atoms with Crippen molar-refractivity contribution in [3.05, 3.63) is 29.3 Å². The predicted octanol–water partition coefficient (Wildman–Crippen LogP) is 1.57. The first-order chi connectivity index (χ1) is 8.08. The van der Waals surface area contributed by atoms with Crippen LogP contribution in [0.2, 0.25) is 0 Å². The summed E-state index contributed by atoms with van der Waals surface area (Å²) in [4.78, 5) is 17.6. The molecule has 2 aromatic rings. The predicted molar refractivity (Wildman–Crippen MR) is 61.4 cm³/mol. The Morgan fingerprint density at radius 3 is 2.88 bits per heavy atom. The molecular weight excluding hydrogens is 221 g/mol. The van der Waals surface area contributed by atoms with Crippen LogP contribution in [-0.4, -0.2) is 34.0 Å². The van der Waals surface area contributed by atoms with E-state index in [0.29, 0.717) is 24.4 Å². The molecule has 0 fully saturated rings. The molecule has 3 rings (SSSR count). The lowest BCUT2D eigenvalue weighted by Crippen LogP contribution is -2.37. The fraction of sp³-hybridized carbons (Fsp3) is 0.333. The van der Waals surface area contributed by atoms with Crippen molar-refractivity contribution in [3.8, 4) is 0 Å². The summed E-state index contributed by atoms with van der Waals surface area (Å²) in [6.45, 7) is 3.13. The van der Waals surface area contributed by atoms with Crippen LogP contribution in [-0.2, 0) is 6.54 Å². The van der Waals surface area contributed by atoms with Gasteiger partial charge in [0.05, 0.1) is 5.52 Å². The first-order valence-electron chi connectivity index (χ1n) is 5.50. The van der Waals surface area contributed by atoms with Crippen molar-refractivity contribution in [2.75, 3.05) is 13.6 Å². The third-order valence-electron chi connectivity index (χ3n) is 3.15. The van der Waals surface area contributed by atoms with E-state index in [1.54, 1.807) is 16.5 Å². The standard InChI is InChI=1S/C12H12FN3O/c1-7-5-8(13)10-9(6-7)16-4-3-15(2)12(17)11(16)14-10/h5-6H,3-4H2,1-2H3. The van der Waals surface area contributed by atoms with Crippen LogP contribution in [0.25, 0.3) is 11.0 Å². The number of likely N-dealkylation sites (N-methyl/N-ethyl adjacent to an activating group) is 1. The number of benzene rings is 1. The van der Waals surface area contributed by atoms with Gasteiger partial charge in [-0.3, -0.25) is 4.79 Å². The molecule has 2 heterocycles. The van der Waals surface area contributed by atoms with Crippen molar-refractivity contribution in [2.24, 2.45) is 0 Å². The number of aryl methyl sites for hydroxylation is 1. The number of fused-ring (bicyclic) bond motifs is 3. The van der Waals surface area contributed by atoms with E-state index in [-0.39, 0.29) is 17.2 Å². The van der Waals surface area contributed by atoms with E-state index in [1.807, 2.05) is 13.0 Å². The highest BCUT2D eigenvalue weighted by Crippen LogP contribution is 2.23. The van der Waals surface area contributed by atoms with Gasteiger partial charge in [0.25, 0.3) is 5.91 Å². The molecule has 0 saturated carbocycles. The van der Waals surface area contributed by atoms with Gasteiger partial charge in [-0.1, -0.05) is 0 Å². The lowest BCUT2D eigenvalue weighted by molar-refractivity contribution is 0.0743. The zero-order chi connectivity index (χ0) is 12.2. The van der Waals surface area contributed by atoms with E-state index in [1.165, 1.54) is 6.07 Å². The van der Waals surface area contributed by atoms with Crippen LogP contribution in [0.15, 0.2) is 12.1 Å². The van der Waals surface area contributed by atoms with Gasteiger partial charge < -0.3 is 9.47 Å². The molecule has 0 bridgehead atoms. The molecule has 0 N–H and O–H groups in total.